The molecule has 2 unspecified atom stereocenters. The maximum absolute atomic E-state index is 12.6. The van der Waals surface area contributed by atoms with E-state index in [4.69, 9.17) is 14.3 Å². The fourth-order valence-electron chi connectivity index (χ4n) is 3.48. The molecule has 0 saturated heterocycles. The van der Waals surface area contributed by atoms with Crippen LogP contribution in [0.4, 0.5) is 4.79 Å². The Labute approximate surface area is 181 Å². The molecular weight excluding hydrogens is 400 g/mol. The molecule has 0 aromatic heterocycles. The van der Waals surface area contributed by atoms with Crippen LogP contribution in [0.25, 0.3) is 0 Å². The summed E-state index contributed by atoms with van der Waals surface area (Å²) < 4.78 is 10.8. The van der Waals surface area contributed by atoms with Gasteiger partial charge in [0.2, 0.25) is 0 Å². The van der Waals surface area contributed by atoms with E-state index in [1.54, 1.807) is 31.2 Å². The topological polar surface area (TPSA) is 97.3 Å². The summed E-state index contributed by atoms with van der Waals surface area (Å²) in [6.07, 6.45) is 0.414. The highest BCUT2D eigenvalue weighted by molar-refractivity contribution is 5.83. The lowest BCUT2D eigenvalue weighted by Crippen LogP contribution is -2.48. The summed E-state index contributed by atoms with van der Waals surface area (Å²) in [5.41, 5.74) is 5.16. The van der Waals surface area contributed by atoms with E-state index in [2.05, 4.69) is 12.1 Å². The number of nitrogens with one attached hydrogen (secondary N) is 1. The lowest BCUT2D eigenvalue weighted by atomic mass is 9.89. The van der Waals surface area contributed by atoms with Crippen LogP contribution in [0.15, 0.2) is 61.2 Å². The number of carboxylic acid groups (broad SMARTS) is 1. The van der Waals surface area contributed by atoms with E-state index >= 15 is 0 Å². The van der Waals surface area contributed by atoms with Crippen LogP contribution in [0.5, 0.6) is 5.75 Å². The van der Waals surface area contributed by atoms with E-state index in [1.807, 2.05) is 30.3 Å². The summed E-state index contributed by atoms with van der Waals surface area (Å²) in [5, 5.41) is 9.76. The van der Waals surface area contributed by atoms with E-state index in [0.717, 1.165) is 10.5 Å². The van der Waals surface area contributed by atoms with E-state index in [9.17, 15) is 14.7 Å². The second-order valence-electron chi connectivity index (χ2n) is 6.92. The van der Waals surface area contributed by atoms with Crippen LogP contribution < -0.4 is 10.2 Å². The molecule has 8 nitrogen and oxygen atoms in total. The Bertz CT molecular complexity index is 918. The van der Waals surface area contributed by atoms with Gasteiger partial charge in [-0.05, 0) is 35.7 Å². The van der Waals surface area contributed by atoms with Crippen molar-refractivity contribution in [1.82, 2.24) is 10.4 Å². The van der Waals surface area contributed by atoms with Gasteiger partial charge in [0.15, 0.2) is 6.04 Å². The molecule has 31 heavy (non-hydrogen) atoms. The minimum atomic E-state index is -1.22. The molecule has 0 fully saturated rings. The van der Waals surface area contributed by atoms with Gasteiger partial charge in [-0.2, -0.15) is 5.48 Å². The Morgan fingerprint density at radius 2 is 2.00 bits per heavy atom. The largest absolute Gasteiger partial charge is 0.490 e. The third-order valence-electron chi connectivity index (χ3n) is 4.85. The Balaban J connectivity index is 1.90. The number of hydrogen-bond acceptors (Lipinski definition) is 6. The monoisotopic (exact) mass is 426 g/mol. The number of carbonyl (C=O) groups excluding carboxylic acids is 1. The number of rotatable bonds is 9. The summed E-state index contributed by atoms with van der Waals surface area (Å²) in [7, 11) is 0. The molecule has 2 aromatic carbocycles. The van der Waals surface area contributed by atoms with Crippen molar-refractivity contribution in [3.63, 3.8) is 0 Å². The number of hydrogen-bond donors (Lipinski definition) is 2. The first-order chi connectivity index (χ1) is 15.0. The zero-order valence-electron chi connectivity index (χ0n) is 17.3. The van der Waals surface area contributed by atoms with Gasteiger partial charge in [-0.25, -0.2) is 9.59 Å². The third kappa shape index (κ3) is 5.42. The summed E-state index contributed by atoms with van der Waals surface area (Å²) in [5.74, 6) is -0.0329. The zero-order chi connectivity index (χ0) is 22.2. The molecule has 0 radical (unpaired) electrons. The van der Waals surface area contributed by atoms with Crippen molar-refractivity contribution in [3.8, 4) is 5.75 Å². The van der Waals surface area contributed by atoms with Gasteiger partial charge >= 0.3 is 12.1 Å². The molecule has 2 N–H and O–H groups in total. The quantitative estimate of drug-likeness (QED) is 0.359. The van der Waals surface area contributed by atoms with Crippen molar-refractivity contribution in [2.75, 3.05) is 19.8 Å². The summed E-state index contributed by atoms with van der Waals surface area (Å²) in [6, 6.07) is 13.2. The van der Waals surface area contributed by atoms with E-state index in [1.165, 1.54) is 0 Å². The first-order valence-electron chi connectivity index (χ1n) is 10.00. The number of ether oxygens (including phenoxy) is 2. The number of nitrogens with zero attached hydrogens (tertiary/aromatic N) is 1. The van der Waals surface area contributed by atoms with Crippen LogP contribution in [0.1, 0.15) is 35.7 Å². The maximum Gasteiger partial charge on any atom is 0.408 e. The number of carbonyl (C=O) groups is 2. The van der Waals surface area contributed by atoms with Gasteiger partial charge in [0.25, 0.3) is 0 Å². The first-order valence-corrected chi connectivity index (χ1v) is 10.00. The first kappa shape index (κ1) is 22.3. The molecule has 164 valence electrons. The summed E-state index contributed by atoms with van der Waals surface area (Å²) in [4.78, 5) is 31.3. The highest BCUT2D eigenvalue weighted by atomic mass is 16.6. The van der Waals surface area contributed by atoms with E-state index in [-0.39, 0.29) is 13.2 Å². The minimum absolute atomic E-state index is 0.00547. The normalized spacial score (nSPS) is 17.5. The number of esters is 1. The molecule has 2 atom stereocenters. The van der Waals surface area contributed by atoms with E-state index < -0.39 is 24.1 Å². The van der Waals surface area contributed by atoms with Crippen molar-refractivity contribution in [1.29, 1.82) is 0 Å². The Kier molecular flexibility index (Phi) is 7.64. The molecule has 0 aliphatic carbocycles. The number of benzene rings is 2. The van der Waals surface area contributed by atoms with Crippen LogP contribution in [0.3, 0.4) is 0 Å². The predicted molar refractivity (Wildman–Crippen MR) is 113 cm³/mol. The molecule has 1 aliphatic heterocycles. The summed E-state index contributed by atoms with van der Waals surface area (Å²) in [6.45, 7) is 6.10. The Hall–Kier alpha value is -3.36. The van der Waals surface area contributed by atoms with Gasteiger partial charge in [-0.15, -0.1) is 0 Å². The standard InChI is InChI=1S/C23H26N2O6/c1-3-12-30-17-10-11-18-19(13-17)20(24-31-15-16-8-6-5-7-9-16)14-25(23(27)28)21(18)22(26)29-4-2/h3,5-11,13,20-21,24H,1,4,12,14-15H2,2H3,(H,27,28). The SMILES string of the molecule is C=CCOc1ccc2c(c1)C(NOCc1ccccc1)CN(C(=O)O)C2C(=O)OCC. The molecule has 2 aromatic rings. The van der Waals surface area contributed by atoms with E-state index in [0.29, 0.717) is 30.1 Å². The molecule has 1 heterocycles. The molecule has 1 aliphatic rings. The molecule has 8 heteroatoms. The Morgan fingerprint density at radius 1 is 1.23 bits per heavy atom. The van der Waals surface area contributed by atoms with Crippen LogP contribution in [0.2, 0.25) is 0 Å². The van der Waals surface area contributed by atoms with Gasteiger partial charge in [0.1, 0.15) is 12.4 Å². The van der Waals surface area contributed by atoms with Gasteiger partial charge in [0, 0.05) is 6.54 Å². The number of hydroxylamine groups is 1. The molecular formula is C23H26N2O6. The highest BCUT2D eigenvalue weighted by Gasteiger charge is 2.41. The van der Waals surface area contributed by atoms with Gasteiger partial charge in [-0.1, -0.05) is 49.1 Å². The van der Waals surface area contributed by atoms with Gasteiger partial charge in [-0.3, -0.25) is 9.74 Å². The fraction of sp³-hybridized carbons (Fsp3) is 0.304. The average molecular weight is 426 g/mol. The van der Waals surface area contributed by atoms with Crippen LogP contribution >= 0.6 is 0 Å². The van der Waals surface area contributed by atoms with Crippen LogP contribution in [-0.4, -0.2) is 41.8 Å². The lowest BCUT2D eigenvalue weighted by molar-refractivity contribution is -0.150. The molecule has 0 bridgehead atoms. The van der Waals surface area contributed by atoms with Crippen LogP contribution in [0, 0.1) is 0 Å². The highest BCUT2D eigenvalue weighted by Crippen LogP contribution is 2.38. The predicted octanol–water partition coefficient (Wildman–Crippen LogP) is 3.61. The van der Waals surface area contributed by atoms with Crippen LogP contribution in [-0.2, 0) is 21.0 Å². The molecule has 0 saturated carbocycles. The Morgan fingerprint density at radius 3 is 2.68 bits per heavy atom. The molecule has 1 amide bonds. The second-order valence-corrected chi connectivity index (χ2v) is 6.92. The summed E-state index contributed by atoms with van der Waals surface area (Å²) >= 11 is 0. The zero-order valence-corrected chi connectivity index (χ0v) is 17.3. The number of amides is 1. The lowest BCUT2D eigenvalue weighted by Gasteiger charge is -2.38. The van der Waals surface area contributed by atoms with Crippen molar-refractivity contribution in [3.05, 3.63) is 77.9 Å². The smallest absolute Gasteiger partial charge is 0.408 e. The van der Waals surface area contributed by atoms with Gasteiger partial charge < -0.3 is 14.6 Å². The molecule has 3 rings (SSSR count). The van der Waals surface area contributed by atoms with Crippen molar-refractivity contribution in [2.45, 2.75) is 25.6 Å². The average Bonchev–Trinajstić information content (AvgIpc) is 2.78. The molecule has 0 spiro atoms. The fourth-order valence-corrected chi connectivity index (χ4v) is 3.48. The van der Waals surface area contributed by atoms with Crippen molar-refractivity contribution >= 4 is 12.1 Å². The number of fused-ring (bicyclic) bond motifs is 1. The van der Waals surface area contributed by atoms with Crippen molar-refractivity contribution < 1.29 is 29.0 Å². The minimum Gasteiger partial charge on any atom is -0.490 e. The maximum atomic E-state index is 12.6. The second kappa shape index (κ2) is 10.6. The third-order valence-corrected chi connectivity index (χ3v) is 4.85. The van der Waals surface area contributed by atoms with Gasteiger partial charge in [0.05, 0.1) is 19.3 Å². The van der Waals surface area contributed by atoms with Crippen molar-refractivity contribution in [2.24, 2.45) is 0 Å².